The van der Waals surface area contributed by atoms with Gasteiger partial charge in [0.25, 0.3) is 0 Å². The lowest BCUT2D eigenvalue weighted by Gasteiger charge is -2.37. The molecule has 16 heavy (non-hydrogen) atoms. The van der Waals surface area contributed by atoms with Gasteiger partial charge in [0.15, 0.2) is 0 Å². The second kappa shape index (κ2) is 5.97. The molecule has 2 rings (SSSR count). The summed E-state index contributed by atoms with van der Waals surface area (Å²) < 4.78 is 0. The summed E-state index contributed by atoms with van der Waals surface area (Å²) in [5.41, 5.74) is 1.61. The van der Waals surface area contributed by atoms with E-state index in [1.807, 2.05) is 6.20 Å². The molecule has 1 fully saturated rings. The van der Waals surface area contributed by atoms with Crippen molar-refractivity contribution in [3.63, 3.8) is 0 Å². The van der Waals surface area contributed by atoms with E-state index >= 15 is 0 Å². The van der Waals surface area contributed by atoms with Crippen LogP contribution in [-0.2, 0) is 0 Å². The Bertz CT molecular complexity index is 249. The van der Waals surface area contributed by atoms with Gasteiger partial charge in [-0.15, -0.1) is 0 Å². The van der Waals surface area contributed by atoms with E-state index in [0.717, 1.165) is 13.1 Å². The minimum atomic E-state index is 1.14. The second-order valence-corrected chi connectivity index (χ2v) is 4.85. The number of rotatable bonds is 2. The molecule has 1 saturated heterocycles. The van der Waals surface area contributed by atoms with E-state index in [9.17, 15) is 0 Å². The van der Waals surface area contributed by atoms with Crippen LogP contribution < -0.4 is 0 Å². The fourth-order valence-corrected chi connectivity index (χ4v) is 2.65. The fraction of sp³-hybridized carbons (Fsp3) is 0.714. The summed E-state index contributed by atoms with van der Waals surface area (Å²) >= 11 is 0. The summed E-state index contributed by atoms with van der Waals surface area (Å²) in [5.74, 6) is 0. The smallest absolute Gasteiger partial charge is 0.0351 e. The zero-order chi connectivity index (χ0) is 11.2. The van der Waals surface area contributed by atoms with Crippen molar-refractivity contribution in [3.8, 4) is 0 Å². The number of hydrogen-bond donors (Lipinski definition) is 0. The summed E-state index contributed by atoms with van der Waals surface area (Å²) in [6.07, 6.45) is 12.7. The largest absolute Gasteiger partial charge is 0.374 e. The predicted molar refractivity (Wildman–Crippen MR) is 69.1 cm³/mol. The maximum Gasteiger partial charge on any atom is 0.0351 e. The molecule has 0 spiro atoms. The topological polar surface area (TPSA) is 6.48 Å². The van der Waals surface area contributed by atoms with Crippen molar-refractivity contribution in [1.29, 1.82) is 0 Å². The zero-order valence-electron chi connectivity index (χ0n) is 10.3. The molecule has 0 bridgehead atoms. The molecule has 0 radical (unpaired) electrons. The van der Waals surface area contributed by atoms with Gasteiger partial charge in [-0.1, -0.05) is 25.5 Å². The first-order valence-electron chi connectivity index (χ1n) is 6.71. The first-order chi connectivity index (χ1) is 7.90. The van der Waals surface area contributed by atoms with Crippen molar-refractivity contribution < 1.29 is 0 Å². The first kappa shape index (κ1) is 11.6. The average Bonchev–Trinajstić information content (AvgIpc) is 2.29. The normalized spacial score (nSPS) is 26.6. The van der Waals surface area contributed by atoms with Gasteiger partial charge >= 0.3 is 0 Å². The van der Waals surface area contributed by atoms with Gasteiger partial charge in [0.1, 0.15) is 0 Å². The average molecular weight is 220 g/mol. The van der Waals surface area contributed by atoms with Crippen LogP contribution in [0.15, 0.2) is 24.6 Å². The third kappa shape index (κ3) is 3.03. The summed E-state index contributed by atoms with van der Waals surface area (Å²) in [6.45, 7) is 8.48. The van der Waals surface area contributed by atoms with Crippen molar-refractivity contribution >= 4 is 0 Å². The summed E-state index contributed by atoms with van der Waals surface area (Å²) in [5, 5.41) is 0. The summed E-state index contributed by atoms with van der Waals surface area (Å²) in [6, 6.07) is 0. The lowest BCUT2D eigenvalue weighted by molar-refractivity contribution is 0.198. The van der Waals surface area contributed by atoms with E-state index in [1.165, 1.54) is 51.6 Å². The molecule has 0 aromatic rings. The lowest BCUT2D eigenvalue weighted by Crippen LogP contribution is -2.43. The van der Waals surface area contributed by atoms with Crippen molar-refractivity contribution in [2.45, 2.75) is 38.5 Å². The van der Waals surface area contributed by atoms with Gasteiger partial charge < -0.3 is 9.80 Å². The van der Waals surface area contributed by atoms with Gasteiger partial charge in [-0.25, -0.2) is 0 Å². The quantitative estimate of drug-likeness (QED) is 0.706. The highest BCUT2D eigenvalue weighted by atomic mass is 15.3. The van der Waals surface area contributed by atoms with E-state index in [2.05, 4.69) is 22.5 Å². The van der Waals surface area contributed by atoms with Crippen LogP contribution in [-0.4, -0.2) is 36.0 Å². The minimum Gasteiger partial charge on any atom is -0.374 e. The van der Waals surface area contributed by atoms with E-state index in [4.69, 9.17) is 0 Å². The third-order valence-corrected chi connectivity index (χ3v) is 3.75. The van der Waals surface area contributed by atoms with E-state index in [-0.39, 0.29) is 0 Å². The highest BCUT2D eigenvalue weighted by molar-refractivity contribution is 5.04. The van der Waals surface area contributed by atoms with Crippen molar-refractivity contribution in [3.05, 3.63) is 24.6 Å². The molecular formula is C14H24N2. The number of hydrogen-bond acceptors (Lipinski definition) is 2. The van der Waals surface area contributed by atoms with Crippen LogP contribution in [0.25, 0.3) is 0 Å². The van der Waals surface area contributed by atoms with Crippen LogP contribution in [0.2, 0.25) is 0 Å². The van der Waals surface area contributed by atoms with Crippen LogP contribution in [0.1, 0.15) is 38.5 Å². The van der Waals surface area contributed by atoms with Gasteiger partial charge in [-0.05, 0) is 31.9 Å². The van der Waals surface area contributed by atoms with Gasteiger partial charge in [0.2, 0.25) is 0 Å². The Kier molecular flexibility index (Phi) is 4.32. The van der Waals surface area contributed by atoms with Gasteiger partial charge in [0, 0.05) is 31.9 Å². The number of piperazine rings is 1. The molecule has 2 heteroatoms. The predicted octanol–water partition coefficient (Wildman–Crippen LogP) is 2.99. The molecule has 0 aromatic heterocycles. The highest BCUT2D eigenvalue weighted by Gasteiger charge is 2.16. The Morgan fingerprint density at radius 2 is 1.75 bits per heavy atom. The van der Waals surface area contributed by atoms with Gasteiger partial charge in [-0.3, -0.25) is 0 Å². The van der Waals surface area contributed by atoms with Crippen molar-refractivity contribution in [1.82, 2.24) is 9.80 Å². The molecule has 2 aliphatic rings. The minimum absolute atomic E-state index is 1.14. The standard InChI is InChI=1S/C14H24N2/c1-2-15-10-12-16(13-11-15)14-8-6-4-3-5-7-9-14/h2,8H,1,3-7,9-13H2/b14-8+. The van der Waals surface area contributed by atoms with Gasteiger partial charge in [0.05, 0.1) is 0 Å². The molecule has 0 N–H and O–H groups in total. The fourth-order valence-electron chi connectivity index (χ4n) is 2.65. The molecule has 1 aliphatic heterocycles. The molecule has 2 nitrogen and oxygen atoms in total. The molecule has 0 atom stereocenters. The third-order valence-electron chi connectivity index (χ3n) is 3.75. The van der Waals surface area contributed by atoms with E-state index in [0.29, 0.717) is 0 Å². The summed E-state index contributed by atoms with van der Waals surface area (Å²) in [4.78, 5) is 4.91. The SMILES string of the molecule is C=CN1CCN(/C2=C/CCCCCC2)CC1. The zero-order valence-corrected chi connectivity index (χ0v) is 10.3. The molecule has 1 aliphatic carbocycles. The molecule has 1 heterocycles. The maximum atomic E-state index is 3.84. The monoisotopic (exact) mass is 220 g/mol. The van der Waals surface area contributed by atoms with Crippen LogP contribution in [0.5, 0.6) is 0 Å². The highest BCUT2D eigenvalue weighted by Crippen LogP contribution is 2.21. The molecule has 0 amide bonds. The number of allylic oxidation sites excluding steroid dienone is 2. The Morgan fingerprint density at radius 1 is 1.00 bits per heavy atom. The molecule has 90 valence electrons. The lowest BCUT2D eigenvalue weighted by atomic mass is 10.0. The Morgan fingerprint density at radius 3 is 2.50 bits per heavy atom. The van der Waals surface area contributed by atoms with E-state index in [1.54, 1.807) is 5.70 Å². The van der Waals surface area contributed by atoms with Crippen molar-refractivity contribution in [2.75, 3.05) is 26.2 Å². The Labute approximate surface area is 99.6 Å². The van der Waals surface area contributed by atoms with E-state index < -0.39 is 0 Å². The second-order valence-electron chi connectivity index (χ2n) is 4.85. The maximum absolute atomic E-state index is 3.84. The van der Waals surface area contributed by atoms with Crippen LogP contribution >= 0.6 is 0 Å². The van der Waals surface area contributed by atoms with Crippen LogP contribution in [0.3, 0.4) is 0 Å². The molecule has 0 saturated carbocycles. The number of nitrogens with zero attached hydrogens (tertiary/aromatic N) is 2. The molecule has 0 aromatic carbocycles. The van der Waals surface area contributed by atoms with Crippen LogP contribution in [0, 0.1) is 0 Å². The van der Waals surface area contributed by atoms with Crippen molar-refractivity contribution in [2.24, 2.45) is 0 Å². The molecule has 0 unspecified atom stereocenters. The van der Waals surface area contributed by atoms with Crippen LogP contribution in [0.4, 0.5) is 0 Å². The Hall–Kier alpha value is -0.920. The van der Waals surface area contributed by atoms with Gasteiger partial charge in [-0.2, -0.15) is 0 Å². The summed E-state index contributed by atoms with van der Waals surface area (Å²) in [7, 11) is 0. The first-order valence-corrected chi connectivity index (χ1v) is 6.71. The molecular weight excluding hydrogens is 196 g/mol. The Balaban J connectivity index is 1.88.